The topological polar surface area (TPSA) is 20.2 Å². The first-order chi connectivity index (χ1) is 14.8. The van der Waals surface area contributed by atoms with Gasteiger partial charge in [0.25, 0.3) is 0 Å². The molecule has 0 aliphatic carbocycles. The van der Waals surface area contributed by atoms with E-state index in [0.717, 1.165) is 5.75 Å². The van der Waals surface area contributed by atoms with E-state index in [-0.39, 0.29) is 0 Å². The summed E-state index contributed by atoms with van der Waals surface area (Å²) in [5.41, 5.74) is 0. The quantitative estimate of drug-likeness (QED) is 0.130. The van der Waals surface area contributed by atoms with Crippen molar-refractivity contribution in [3.63, 3.8) is 0 Å². The van der Waals surface area contributed by atoms with Crippen molar-refractivity contribution >= 4 is 23.5 Å². The lowest BCUT2D eigenvalue weighted by Gasteiger charge is -2.13. The SMILES string of the molecule is CCCCCCCCCCCCSCC(CO)SCCCCCCCCCCCC. The largest absolute Gasteiger partial charge is 0.395 e. The van der Waals surface area contributed by atoms with Gasteiger partial charge in [-0.2, -0.15) is 23.5 Å². The van der Waals surface area contributed by atoms with Crippen molar-refractivity contribution in [3.05, 3.63) is 0 Å². The minimum atomic E-state index is 0.355. The van der Waals surface area contributed by atoms with E-state index in [9.17, 15) is 5.11 Å². The van der Waals surface area contributed by atoms with Crippen molar-refractivity contribution < 1.29 is 5.11 Å². The molecular formula is C27H56OS2. The summed E-state index contributed by atoms with van der Waals surface area (Å²) in [6.07, 6.45) is 28.2. The molecule has 0 aromatic rings. The average molecular weight is 461 g/mol. The summed E-state index contributed by atoms with van der Waals surface area (Å²) in [6, 6.07) is 0. The molecule has 0 heterocycles. The van der Waals surface area contributed by atoms with Crippen molar-refractivity contribution in [1.29, 1.82) is 0 Å². The van der Waals surface area contributed by atoms with Crippen LogP contribution in [0.1, 0.15) is 142 Å². The van der Waals surface area contributed by atoms with Crippen molar-refractivity contribution in [2.24, 2.45) is 0 Å². The van der Waals surface area contributed by atoms with Gasteiger partial charge in [-0.25, -0.2) is 0 Å². The van der Waals surface area contributed by atoms with Crippen molar-refractivity contribution in [3.8, 4) is 0 Å². The van der Waals surface area contributed by atoms with E-state index < -0.39 is 0 Å². The van der Waals surface area contributed by atoms with Crippen LogP contribution in [0.15, 0.2) is 0 Å². The fourth-order valence-corrected chi connectivity index (χ4v) is 6.33. The Morgan fingerprint density at radius 2 is 0.867 bits per heavy atom. The van der Waals surface area contributed by atoms with E-state index in [4.69, 9.17) is 0 Å². The van der Waals surface area contributed by atoms with Gasteiger partial charge in [0.2, 0.25) is 0 Å². The maximum atomic E-state index is 9.63. The number of hydrogen-bond donors (Lipinski definition) is 1. The highest BCUT2D eigenvalue weighted by atomic mass is 32.2. The molecule has 1 nitrogen and oxygen atoms in total. The van der Waals surface area contributed by atoms with Crippen LogP contribution in [0.2, 0.25) is 0 Å². The maximum Gasteiger partial charge on any atom is 0.0558 e. The minimum Gasteiger partial charge on any atom is -0.395 e. The Labute approximate surface area is 199 Å². The standard InChI is InChI=1S/C27H56OS2/c1-3-5-7-9-11-13-15-17-19-21-23-29-26-27(25-28)30-24-22-20-18-16-14-12-10-8-6-4-2/h27-28H,3-26H2,1-2H3. The molecule has 1 atom stereocenters. The van der Waals surface area contributed by atoms with E-state index in [2.05, 4.69) is 25.6 Å². The zero-order valence-corrected chi connectivity index (χ0v) is 22.4. The molecule has 1 N–H and O–H groups in total. The first-order valence-corrected chi connectivity index (χ1v) is 15.9. The molecule has 0 spiro atoms. The van der Waals surface area contributed by atoms with Crippen LogP contribution < -0.4 is 0 Å². The summed E-state index contributed by atoms with van der Waals surface area (Å²) in [5, 5.41) is 10.1. The molecule has 0 fully saturated rings. The number of hydrogen-bond acceptors (Lipinski definition) is 3. The van der Waals surface area contributed by atoms with E-state index in [0.29, 0.717) is 11.9 Å². The lowest BCUT2D eigenvalue weighted by molar-refractivity contribution is 0.301. The van der Waals surface area contributed by atoms with Gasteiger partial charge < -0.3 is 5.11 Å². The van der Waals surface area contributed by atoms with E-state index in [1.807, 2.05) is 11.8 Å². The fraction of sp³-hybridized carbons (Fsp3) is 1.00. The first-order valence-electron chi connectivity index (χ1n) is 13.6. The van der Waals surface area contributed by atoms with Gasteiger partial charge in [-0.3, -0.25) is 0 Å². The Kier molecular flexibility index (Phi) is 28.3. The second kappa shape index (κ2) is 27.7. The zero-order chi connectivity index (χ0) is 22.0. The van der Waals surface area contributed by atoms with Crippen molar-refractivity contribution in [1.82, 2.24) is 0 Å². The Morgan fingerprint density at radius 3 is 1.27 bits per heavy atom. The molecule has 3 heteroatoms. The van der Waals surface area contributed by atoms with Crippen LogP contribution in [0.5, 0.6) is 0 Å². The number of thioether (sulfide) groups is 2. The second-order valence-electron chi connectivity index (χ2n) is 9.11. The number of unbranched alkanes of at least 4 members (excludes halogenated alkanes) is 18. The average Bonchev–Trinajstić information content (AvgIpc) is 2.76. The normalized spacial score (nSPS) is 12.5. The minimum absolute atomic E-state index is 0.355. The number of aliphatic hydroxyl groups is 1. The summed E-state index contributed by atoms with van der Waals surface area (Å²) >= 11 is 4.08. The summed E-state index contributed by atoms with van der Waals surface area (Å²) in [7, 11) is 0. The monoisotopic (exact) mass is 460 g/mol. The summed E-state index contributed by atoms with van der Waals surface area (Å²) in [5.74, 6) is 3.66. The Bertz CT molecular complexity index is 299. The van der Waals surface area contributed by atoms with Crippen LogP contribution in [-0.4, -0.2) is 34.2 Å². The Balaban J connectivity index is 3.27. The summed E-state index contributed by atoms with van der Waals surface area (Å²) < 4.78 is 0. The molecule has 0 saturated heterocycles. The van der Waals surface area contributed by atoms with Gasteiger partial charge in [0.15, 0.2) is 0 Å². The van der Waals surface area contributed by atoms with Gasteiger partial charge in [-0.05, 0) is 24.3 Å². The van der Waals surface area contributed by atoms with Gasteiger partial charge in [0.05, 0.1) is 6.61 Å². The van der Waals surface area contributed by atoms with Gasteiger partial charge in [-0.15, -0.1) is 0 Å². The van der Waals surface area contributed by atoms with Crippen molar-refractivity contribution in [2.75, 3.05) is 23.9 Å². The summed E-state index contributed by atoms with van der Waals surface area (Å²) in [4.78, 5) is 0. The van der Waals surface area contributed by atoms with Crippen LogP contribution in [-0.2, 0) is 0 Å². The molecule has 30 heavy (non-hydrogen) atoms. The molecular weight excluding hydrogens is 404 g/mol. The predicted octanol–water partition coefficient (Wildman–Crippen LogP) is 9.66. The van der Waals surface area contributed by atoms with Crippen LogP contribution >= 0.6 is 23.5 Å². The van der Waals surface area contributed by atoms with Gasteiger partial charge in [0, 0.05) is 11.0 Å². The molecule has 0 radical (unpaired) electrons. The van der Waals surface area contributed by atoms with Crippen LogP contribution in [0, 0.1) is 0 Å². The molecule has 0 aromatic heterocycles. The Hall–Kier alpha value is 0.660. The Morgan fingerprint density at radius 1 is 0.500 bits per heavy atom. The molecule has 1 unspecified atom stereocenters. The highest BCUT2D eigenvalue weighted by Gasteiger charge is 2.07. The van der Waals surface area contributed by atoms with E-state index in [1.54, 1.807) is 0 Å². The molecule has 0 aromatic carbocycles. The van der Waals surface area contributed by atoms with Gasteiger partial charge >= 0.3 is 0 Å². The highest BCUT2D eigenvalue weighted by Crippen LogP contribution is 2.20. The third kappa shape index (κ3) is 24.9. The smallest absolute Gasteiger partial charge is 0.0558 e. The number of aliphatic hydroxyl groups excluding tert-OH is 1. The van der Waals surface area contributed by atoms with E-state index in [1.165, 1.54) is 140 Å². The highest BCUT2D eigenvalue weighted by molar-refractivity contribution is 8.03. The maximum absolute atomic E-state index is 9.63. The lowest BCUT2D eigenvalue weighted by atomic mass is 10.1. The molecule has 182 valence electrons. The lowest BCUT2D eigenvalue weighted by Crippen LogP contribution is -2.13. The van der Waals surface area contributed by atoms with Gasteiger partial charge in [0.1, 0.15) is 0 Å². The molecule has 0 aliphatic heterocycles. The van der Waals surface area contributed by atoms with Crippen LogP contribution in [0.4, 0.5) is 0 Å². The zero-order valence-electron chi connectivity index (χ0n) is 20.8. The molecule has 0 amide bonds. The summed E-state index contributed by atoms with van der Waals surface area (Å²) in [6.45, 7) is 4.93. The van der Waals surface area contributed by atoms with Gasteiger partial charge in [-0.1, -0.05) is 129 Å². The number of rotatable bonds is 26. The molecule has 0 bridgehead atoms. The van der Waals surface area contributed by atoms with Crippen molar-refractivity contribution in [2.45, 2.75) is 148 Å². The first kappa shape index (κ1) is 30.7. The van der Waals surface area contributed by atoms with Crippen LogP contribution in [0.25, 0.3) is 0 Å². The second-order valence-corrected chi connectivity index (χ2v) is 11.7. The van der Waals surface area contributed by atoms with E-state index >= 15 is 0 Å². The molecule has 0 rings (SSSR count). The van der Waals surface area contributed by atoms with Crippen LogP contribution in [0.3, 0.4) is 0 Å². The molecule has 0 saturated carbocycles. The third-order valence-electron chi connectivity index (χ3n) is 6.00. The fourth-order valence-electron chi connectivity index (χ4n) is 3.90. The third-order valence-corrected chi connectivity index (χ3v) is 8.74. The predicted molar refractivity (Wildman–Crippen MR) is 144 cm³/mol. The molecule has 0 aliphatic rings.